The molecule has 7 nitrogen and oxygen atoms in total. The maximum absolute atomic E-state index is 11.9. The second kappa shape index (κ2) is 6.17. The van der Waals surface area contributed by atoms with Gasteiger partial charge in [-0.1, -0.05) is 5.21 Å². The van der Waals surface area contributed by atoms with E-state index in [1.54, 1.807) is 5.32 Å². The second-order valence-corrected chi connectivity index (χ2v) is 3.67. The summed E-state index contributed by atoms with van der Waals surface area (Å²) in [6.45, 7) is 1.04. The molecule has 1 rings (SSSR count). The Hall–Kier alpha value is -2.39. The number of rotatable bonds is 4. The molecule has 0 saturated heterocycles. The van der Waals surface area contributed by atoms with E-state index in [1.807, 2.05) is 0 Å². The topological polar surface area (TPSA) is 86.1 Å². The van der Waals surface area contributed by atoms with Crippen LogP contribution < -0.4 is 5.32 Å². The van der Waals surface area contributed by atoms with Crippen LogP contribution in [0.5, 0.6) is 0 Å². The van der Waals surface area contributed by atoms with E-state index in [1.165, 1.54) is 26.4 Å². The third-order valence-corrected chi connectivity index (χ3v) is 2.08. The number of hydrogen-bond donors (Lipinski definition) is 1. The Labute approximate surface area is 111 Å². The van der Waals surface area contributed by atoms with Gasteiger partial charge in [-0.05, 0) is 6.92 Å². The molecular weight excluding hydrogens is 281 g/mol. The number of methoxy groups -OCH3 is 1. The molecule has 1 amide bonds. The van der Waals surface area contributed by atoms with E-state index in [-0.39, 0.29) is 11.3 Å². The lowest BCUT2D eigenvalue weighted by atomic mass is 10.3. The lowest BCUT2D eigenvalue weighted by Gasteiger charge is -2.05. The average molecular weight is 292 g/mol. The summed E-state index contributed by atoms with van der Waals surface area (Å²) in [6.07, 6.45) is -2.39. The molecule has 0 saturated carbocycles. The summed E-state index contributed by atoms with van der Waals surface area (Å²) in [5.41, 5.74) is 0.333. The fourth-order valence-electron chi connectivity index (χ4n) is 1.14. The minimum absolute atomic E-state index is 0.108. The van der Waals surface area contributed by atoms with Gasteiger partial charge in [0.05, 0.1) is 25.4 Å². The van der Waals surface area contributed by atoms with Gasteiger partial charge in [0.2, 0.25) is 0 Å². The largest absolute Gasteiger partial charge is 0.471 e. The van der Waals surface area contributed by atoms with Crippen LogP contribution in [0.2, 0.25) is 0 Å². The summed E-state index contributed by atoms with van der Waals surface area (Å²) in [4.78, 5) is 21.7. The zero-order valence-corrected chi connectivity index (χ0v) is 10.6. The number of nitrogens with zero attached hydrogens (tertiary/aromatic N) is 3. The van der Waals surface area contributed by atoms with Gasteiger partial charge in [0.25, 0.3) is 0 Å². The van der Waals surface area contributed by atoms with Crippen LogP contribution in [0.4, 0.5) is 13.2 Å². The normalized spacial score (nSPS) is 12.2. The van der Waals surface area contributed by atoms with E-state index >= 15 is 0 Å². The number of nitrogens with one attached hydrogen (secondary N) is 1. The predicted molar refractivity (Wildman–Crippen MR) is 59.9 cm³/mol. The van der Waals surface area contributed by atoms with Gasteiger partial charge < -0.3 is 10.1 Å². The maximum atomic E-state index is 11.9. The summed E-state index contributed by atoms with van der Waals surface area (Å²) in [5, 5.41) is 8.75. The highest BCUT2D eigenvalue weighted by Crippen LogP contribution is 2.14. The van der Waals surface area contributed by atoms with Crippen LogP contribution in [0, 0.1) is 0 Å². The number of carbonyl (C=O) groups excluding carboxylic acids is 2. The van der Waals surface area contributed by atoms with Gasteiger partial charge >= 0.3 is 18.1 Å². The molecule has 0 aliphatic heterocycles. The second-order valence-electron chi connectivity index (χ2n) is 3.67. The molecule has 0 aliphatic carbocycles. The SMILES string of the molecule is COC(=O)/C(C)=C/n1cc(CNC(=O)C(F)(F)F)nn1. The number of ether oxygens (including phenoxy) is 1. The summed E-state index contributed by atoms with van der Waals surface area (Å²) in [5.74, 6) is -2.64. The molecule has 1 aromatic rings. The van der Waals surface area contributed by atoms with Crippen LogP contribution >= 0.6 is 0 Å². The Morgan fingerprint density at radius 3 is 2.70 bits per heavy atom. The highest BCUT2D eigenvalue weighted by molar-refractivity contribution is 5.90. The van der Waals surface area contributed by atoms with Crippen molar-refractivity contribution in [3.8, 4) is 0 Å². The molecule has 0 unspecified atom stereocenters. The van der Waals surface area contributed by atoms with Gasteiger partial charge in [-0.3, -0.25) is 4.79 Å². The third kappa shape index (κ3) is 4.37. The van der Waals surface area contributed by atoms with Crippen molar-refractivity contribution in [2.24, 2.45) is 0 Å². The van der Waals surface area contributed by atoms with Gasteiger partial charge in [-0.15, -0.1) is 5.10 Å². The maximum Gasteiger partial charge on any atom is 0.471 e. The van der Waals surface area contributed by atoms with E-state index in [0.717, 1.165) is 4.68 Å². The number of alkyl halides is 3. The molecule has 0 atom stereocenters. The highest BCUT2D eigenvalue weighted by atomic mass is 19.4. The number of halogens is 3. The van der Waals surface area contributed by atoms with Crippen molar-refractivity contribution in [3.63, 3.8) is 0 Å². The predicted octanol–water partition coefficient (Wildman–Crippen LogP) is 0.490. The monoisotopic (exact) mass is 292 g/mol. The van der Waals surface area contributed by atoms with Crippen molar-refractivity contribution in [2.45, 2.75) is 19.6 Å². The molecule has 10 heteroatoms. The van der Waals surface area contributed by atoms with Crippen LogP contribution in [-0.4, -0.2) is 40.2 Å². The van der Waals surface area contributed by atoms with Crippen LogP contribution in [0.25, 0.3) is 6.20 Å². The molecule has 0 aromatic carbocycles. The van der Waals surface area contributed by atoms with Gasteiger partial charge in [-0.25, -0.2) is 9.48 Å². The number of aromatic nitrogens is 3. The molecule has 0 fully saturated rings. The molecule has 1 heterocycles. The molecule has 0 bridgehead atoms. The Kier molecular flexibility index (Phi) is 4.83. The summed E-state index contributed by atoms with van der Waals surface area (Å²) in [6, 6.07) is 0. The average Bonchev–Trinajstić information content (AvgIpc) is 2.81. The zero-order valence-electron chi connectivity index (χ0n) is 10.6. The summed E-state index contributed by atoms with van der Waals surface area (Å²) >= 11 is 0. The number of hydrogen-bond acceptors (Lipinski definition) is 5. The first-order chi connectivity index (χ1) is 9.24. The van der Waals surface area contributed by atoms with Crippen LogP contribution in [0.3, 0.4) is 0 Å². The van der Waals surface area contributed by atoms with E-state index in [0.29, 0.717) is 0 Å². The van der Waals surface area contributed by atoms with Crippen molar-refractivity contribution in [2.75, 3.05) is 7.11 Å². The molecule has 0 spiro atoms. The quantitative estimate of drug-likeness (QED) is 0.644. The Morgan fingerprint density at radius 1 is 1.50 bits per heavy atom. The van der Waals surface area contributed by atoms with Crippen molar-refractivity contribution in [1.29, 1.82) is 0 Å². The number of amides is 1. The third-order valence-electron chi connectivity index (χ3n) is 2.08. The lowest BCUT2D eigenvalue weighted by molar-refractivity contribution is -0.173. The van der Waals surface area contributed by atoms with Gasteiger partial charge in [0.1, 0.15) is 5.69 Å². The van der Waals surface area contributed by atoms with E-state index in [4.69, 9.17) is 0 Å². The minimum atomic E-state index is -4.95. The fraction of sp³-hybridized carbons (Fsp3) is 0.400. The molecule has 1 aromatic heterocycles. The van der Waals surface area contributed by atoms with Gasteiger partial charge in [0, 0.05) is 6.20 Å². The van der Waals surface area contributed by atoms with Crippen molar-refractivity contribution >= 4 is 18.1 Å². The smallest absolute Gasteiger partial charge is 0.466 e. The van der Waals surface area contributed by atoms with Crippen molar-refractivity contribution < 1.29 is 27.5 Å². The minimum Gasteiger partial charge on any atom is -0.466 e. The first-order valence-corrected chi connectivity index (χ1v) is 5.26. The zero-order chi connectivity index (χ0) is 15.3. The van der Waals surface area contributed by atoms with Crippen LogP contribution in [0.1, 0.15) is 12.6 Å². The highest BCUT2D eigenvalue weighted by Gasteiger charge is 2.38. The molecule has 1 N–H and O–H groups in total. The van der Waals surface area contributed by atoms with Crippen molar-refractivity contribution in [3.05, 3.63) is 17.5 Å². The molecule has 0 radical (unpaired) electrons. The van der Waals surface area contributed by atoms with Gasteiger partial charge in [0.15, 0.2) is 0 Å². The Balaban J connectivity index is 2.65. The first-order valence-electron chi connectivity index (χ1n) is 5.26. The van der Waals surface area contributed by atoms with Gasteiger partial charge in [-0.2, -0.15) is 13.2 Å². The number of esters is 1. The van der Waals surface area contributed by atoms with E-state index in [2.05, 4.69) is 15.0 Å². The molecule has 110 valence electrons. The van der Waals surface area contributed by atoms with E-state index in [9.17, 15) is 22.8 Å². The fourth-order valence-corrected chi connectivity index (χ4v) is 1.14. The number of carbonyl (C=O) groups is 2. The lowest BCUT2D eigenvalue weighted by Crippen LogP contribution is -2.36. The van der Waals surface area contributed by atoms with E-state index < -0.39 is 24.6 Å². The van der Waals surface area contributed by atoms with Crippen LogP contribution in [-0.2, 0) is 20.9 Å². The van der Waals surface area contributed by atoms with Crippen molar-refractivity contribution in [1.82, 2.24) is 20.3 Å². The standard InChI is InChI=1S/C10H11F3N4O3/c1-6(8(18)20-2)4-17-5-7(15-16-17)3-14-9(19)10(11,12)13/h4-5H,3H2,1-2H3,(H,14,19)/b6-4+. The first kappa shape index (κ1) is 15.7. The molecular formula is C10H11F3N4O3. The Morgan fingerprint density at radius 2 is 2.15 bits per heavy atom. The summed E-state index contributed by atoms with van der Waals surface area (Å²) in [7, 11) is 1.21. The Bertz CT molecular complexity index is 536. The molecule has 0 aliphatic rings. The van der Waals surface area contributed by atoms with Crippen LogP contribution in [0.15, 0.2) is 11.8 Å². The summed E-state index contributed by atoms with van der Waals surface area (Å²) < 4.78 is 41.4. The molecule has 20 heavy (non-hydrogen) atoms.